The highest BCUT2D eigenvalue weighted by molar-refractivity contribution is 6.31. The van der Waals surface area contributed by atoms with E-state index in [1.54, 1.807) is 48.5 Å². The standard InChI is InChI=1S/C26H22ClN3O3/c1-17-6-11-24(18(2)12-17)30-25(31)16-33-23-9-7-19(8-10-23)13-20(15-28)26(32)29-22-5-3-4-21(27)14-22/h3-14H,16H2,1-2H3,(H,29,32)(H,30,31)/b20-13-. The van der Waals surface area contributed by atoms with Crippen LogP contribution in [0.1, 0.15) is 16.7 Å². The summed E-state index contributed by atoms with van der Waals surface area (Å²) in [4.78, 5) is 24.6. The molecule has 0 atom stereocenters. The Balaban J connectivity index is 1.58. The molecule has 0 fully saturated rings. The van der Waals surface area contributed by atoms with Crippen LogP contribution < -0.4 is 15.4 Å². The molecule has 0 saturated carbocycles. The van der Waals surface area contributed by atoms with Crippen molar-refractivity contribution in [2.24, 2.45) is 0 Å². The first-order valence-corrected chi connectivity index (χ1v) is 10.5. The number of ether oxygens (including phenoxy) is 1. The Kier molecular flexibility index (Phi) is 7.85. The maximum Gasteiger partial charge on any atom is 0.266 e. The predicted octanol–water partition coefficient (Wildman–Crippen LogP) is 5.52. The average Bonchev–Trinajstić information content (AvgIpc) is 2.78. The van der Waals surface area contributed by atoms with E-state index in [2.05, 4.69) is 10.6 Å². The number of halogens is 1. The number of carbonyl (C=O) groups is 2. The largest absolute Gasteiger partial charge is 0.484 e. The second kappa shape index (κ2) is 11.0. The molecule has 0 saturated heterocycles. The van der Waals surface area contributed by atoms with Gasteiger partial charge in [0.1, 0.15) is 17.4 Å². The first-order valence-electron chi connectivity index (χ1n) is 10.1. The summed E-state index contributed by atoms with van der Waals surface area (Å²) in [6.07, 6.45) is 1.47. The Bertz CT molecular complexity index is 1240. The number of hydrogen-bond donors (Lipinski definition) is 2. The minimum Gasteiger partial charge on any atom is -0.484 e. The van der Waals surface area contributed by atoms with Crippen LogP contribution in [-0.2, 0) is 9.59 Å². The zero-order valence-electron chi connectivity index (χ0n) is 18.2. The van der Waals surface area contributed by atoms with Gasteiger partial charge in [-0.25, -0.2) is 0 Å². The van der Waals surface area contributed by atoms with Crippen molar-refractivity contribution in [1.82, 2.24) is 0 Å². The van der Waals surface area contributed by atoms with E-state index in [1.807, 2.05) is 38.1 Å². The SMILES string of the molecule is Cc1ccc(NC(=O)COc2ccc(/C=C(/C#N)C(=O)Nc3cccc(Cl)c3)cc2)c(C)c1. The normalized spacial score (nSPS) is 10.8. The van der Waals surface area contributed by atoms with Gasteiger partial charge in [-0.05, 0) is 67.4 Å². The molecule has 3 aromatic rings. The highest BCUT2D eigenvalue weighted by Gasteiger charge is 2.10. The van der Waals surface area contributed by atoms with Gasteiger partial charge in [-0.2, -0.15) is 5.26 Å². The summed E-state index contributed by atoms with van der Waals surface area (Å²) in [6, 6.07) is 21.1. The number of nitrogens with one attached hydrogen (secondary N) is 2. The highest BCUT2D eigenvalue weighted by Crippen LogP contribution is 2.19. The third-order valence-electron chi connectivity index (χ3n) is 4.66. The van der Waals surface area contributed by atoms with Gasteiger partial charge in [0.15, 0.2) is 6.61 Å². The highest BCUT2D eigenvalue weighted by atomic mass is 35.5. The van der Waals surface area contributed by atoms with Gasteiger partial charge in [-0.15, -0.1) is 0 Å². The van der Waals surface area contributed by atoms with Crippen molar-refractivity contribution in [1.29, 1.82) is 5.26 Å². The molecular formula is C26H22ClN3O3. The third kappa shape index (κ3) is 6.96. The minimum atomic E-state index is -0.539. The Morgan fingerprint density at radius 3 is 2.45 bits per heavy atom. The molecule has 0 spiro atoms. The number of nitriles is 1. The van der Waals surface area contributed by atoms with Crippen LogP contribution in [0.5, 0.6) is 5.75 Å². The zero-order valence-corrected chi connectivity index (χ0v) is 18.9. The van der Waals surface area contributed by atoms with Crippen molar-refractivity contribution in [3.63, 3.8) is 0 Å². The lowest BCUT2D eigenvalue weighted by molar-refractivity contribution is -0.118. The Labute approximate surface area is 197 Å². The van der Waals surface area contributed by atoms with E-state index < -0.39 is 5.91 Å². The zero-order chi connectivity index (χ0) is 23.8. The molecule has 0 unspecified atom stereocenters. The molecule has 2 N–H and O–H groups in total. The van der Waals surface area contributed by atoms with E-state index in [9.17, 15) is 14.9 Å². The summed E-state index contributed by atoms with van der Waals surface area (Å²) >= 11 is 5.92. The number of aryl methyl sites for hydroxylation is 2. The van der Waals surface area contributed by atoms with E-state index in [1.165, 1.54) is 6.08 Å². The minimum absolute atomic E-state index is 0.0588. The van der Waals surface area contributed by atoms with Crippen LogP contribution >= 0.6 is 11.6 Å². The lowest BCUT2D eigenvalue weighted by atomic mass is 10.1. The molecular weight excluding hydrogens is 438 g/mol. The van der Waals surface area contributed by atoms with Crippen LogP contribution in [0.2, 0.25) is 5.02 Å². The van der Waals surface area contributed by atoms with E-state index in [-0.39, 0.29) is 18.1 Å². The van der Waals surface area contributed by atoms with Crippen LogP contribution in [-0.4, -0.2) is 18.4 Å². The first-order chi connectivity index (χ1) is 15.8. The summed E-state index contributed by atoms with van der Waals surface area (Å²) in [5.41, 5.74) is 3.92. The number of nitrogens with zero attached hydrogens (tertiary/aromatic N) is 1. The fourth-order valence-corrected chi connectivity index (χ4v) is 3.22. The Hall–Kier alpha value is -4.08. The van der Waals surface area contributed by atoms with Crippen LogP contribution in [0.3, 0.4) is 0 Å². The molecule has 3 aromatic carbocycles. The average molecular weight is 460 g/mol. The van der Waals surface area contributed by atoms with Crippen molar-refractivity contribution >= 4 is 40.9 Å². The number of benzene rings is 3. The number of hydrogen-bond acceptors (Lipinski definition) is 4. The molecule has 3 rings (SSSR count). The molecule has 0 aliphatic rings. The van der Waals surface area contributed by atoms with Crippen molar-refractivity contribution < 1.29 is 14.3 Å². The molecule has 0 aromatic heterocycles. The molecule has 7 heteroatoms. The van der Waals surface area contributed by atoms with Gasteiger partial charge in [0.25, 0.3) is 11.8 Å². The fraction of sp³-hybridized carbons (Fsp3) is 0.115. The summed E-state index contributed by atoms with van der Waals surface area (Å²) in [6.45, 7) is 3.78. The van der Waals surface area contributed by atoms with Crippen LogP contribution in [0.15, 0.2) is 72.3 Å². The van der Waals surface area contributed by atoms with E-state index in [0.29, 0.717) is 22.0 Å². The maximum absolute atomic E-state index is 12.4. The van der Waals surface area contributed by atoms with E-state index in [0.717, 1.165) is 16.8 Å². The second-order valence-corrected chi connectivity index (χ2v) is 7.79. The van der Waals surface area contributed by atoms with Gasteiger partial charge in [-0.3, -0.25) is 9.59 Å². The van der Waals surface area contributed by atoms with Gasteiger partial charge < -0.3 is 15.4 Å². The summed E-state index contributed by atoms with van der Waals surface area (Å²) in [5, 5.41) is 15.3. The Morgan fingerprint density at radius 1 is 1.03 bits per heavy atom. The van der Waals surface area contributed by atoms with Gasteiger partial charge in [0, 0.05) is 16.4 Å². The molecule has 0 aliphatic carbocycles. The van der Waals surface area contributed by atoms with Crippen LogP contribution in [0, 0.1) is 25.2 Å². The lowest BCUT2D eigenvalue weighted by Gasteiger charge is -2.10. The van der Waals surface area contributed by atoms with Crippen molar-refractivity contribution in [3.8, 4) is 11.8 Å². The van der Waals surface area contributed by atoms with Crippen LogP contribution in [0.4, 0.5) is 11.4 Å². The molecule has 0 heterocycles. The van der Waals surface area contributed by atoms with E-state index in [4.69, 9.17) is 16.3 Å². The number of amides is 2. The number of anilines is 2. The lowest BCUT2D eigenvalue weighted by Crippen LogP contribution is -2.20. The van der Waals surface area contributed by atoms with Crippen LogP contribution in [0.25, 0.3) is 6.08 Å². The topological polar surface area (TPSA) is 91.2 Å². The second-order valence-electron chi connectivity index (χ2n) is 7.36. The van der Waals surface area contributed by atoms with Gasteiger partial charge in [0.2, 0.25) is 0 Å². The molecule has 166 valence electrons. The molecule has 0 radical (unpaired) electrons. The van der Waals surface area contributed by atoms with Crippen molar-refractivity contribution in [3.05, 3.63) is 94.0 Å². The quantitative estimate of drug-likeness (QED) is 0.359. The van der Waals surface area contributed by atoms with Gasteiger partial charge in [-0.1, -0.05) is 47.5 Å². The van der Waals surface area contributed by atoms with Gasteiger partial charge >= 0.3 is 0 Å². The van der Waals surface area contributed by atoms with Crippen molar-refractivity contribution in [2.75, 3.05) is 17.2 Å². The molecule has 33 heavy (non-hydrogen) atoms. The van der Waals surface area contributed by atoms with Crippen molar-refractivity contribution in [2.45, 2.75) is 13.8 Å². The first kappa shape index (κ1) is 23.6. The maximum atomic E-state index is 12.4. The predicted molar refractivity (Wildman–Crippen MR) is 130 cm³/mol. The smallest absolute Gasteiger partial charge is 0.266 e. The molecule has 6 nitrogen and oxygen atoms in total. The van der Waals surface area contributed by atoms with Gasteiger partial charge in [0.05, 0.1) is 0 Å². The molecule has 0 bridgehead atoms. The number of rotatable bonds is 7. The fourth-order valence-electron chi connectivity index (χ4n) is 3.03. The Morgan fingerprint density at radius 2 is 1.79 bits per heavy atom. The third-order valence-corrected chi connectivity index (χ3v) is 4.90. The van der Waals surface area contributed by atoms with E-state index >= 15 is 0 Å². The monoisotopic (exact) mass is 459 g/mol. The summed E-state index contributed by atoms with van der Waals surface area (Å²) < 4.78 is 5.54. The summed E-state index contributed by atoms with van der Waals surface area (Å²) in [7, 11) is 0. The number of carbonyl (C=O) groups excluding carboxylic acids is 2. The molecule has 2 amide bonds. The summed E-state index contributed by atoms with van der Waals surface area (Å²) in [5.74, 6) is -0.316. The molecule has 0 aliphatic heterocycles.